The van der Waals surface area contributed by atoms with Gasteiger partial charge in [0.2, 0.25) is 5.91 Å². The number of hydrogen-bond acceptors (Lipinski definition) is 5. The van der Waals surface area contributed by atoms with Crippen LogP contribution in [0.1, 0.15) is 16.1 Å². The van der Waals surface area contributed by atoms with E-state index >= 15 is 0 Å². The van der Waals surface area contributed by atoms with Crippen molar-refractivity contribution in [3.05, 3.63) is 41.7 Å². The van der Waals surface area contributed by atoms with Crippen molar-refractivity contribution < 1.29 is 14.1 Å². The van der Waals surface area contributed by atoms with Crippen molar-refractivity contribution >= 4 is 11.8 Å². The molecule has 0 aliphatic carbocycles. The first kappa shape index (κ1) is 17.2. The Morgan fingerprint density at radius 2 is 1.84 bits per heavy atom. The Labute approximate surface area is 146 Å². The zero-order chi connectivity index (χ0) is 17.8. The van der Waals surface area contributed by atoms with Gasteiger partial charge in [0.05, 0.1) is 6.54 Å². The Morgan fingerprint density at radius 3 is 2.48 bits per heavy atom. The van der Waals surface area contributed by atoms with E-state index in [2.05, 4.69) is 10.5 Å². The van der Waals surface area contributed by atoms with Gasteiger partial charge in [-0.15, -0.1) is 0 Å². The second-order valence-electron chi connectivity index (χ2n) is 6.07. The molecule has 0 unspecified atom stereocenters. The van der Waals surface area contributed by atoms with Crippen LogP contribution in [0.25, 0.3) is 11.3 Å². The minimum absolute atomic E-state index is 0.0129. The summed E-state index contributed by atoms with van der Waals surface area (Å²) in [4.78, 5) is 28.3. The Balaban J connectivity index is 1.73. The summed E-state index contributed by atoms with van der Waals surface area (Å²) in [6, 6.07) is 9.56. The van der Waals surface area contributed by atoms with Crippen LogP contribution < -0.4 is 5.32 Å². The van der Waals surface area contributed by atoms with Gasteiger partial charge in [-0.2, -0.15) is 0 Å². The van der Waals surface area contributed by atoms with E-state index in [0.29, 0.717) is 49.7 Å². The second-order valence-corrected chi connectivity index (χ2v) is 6.07. The van der Waals surface area contributed by atoms with Crippen LogP contribution in [0.3, 0.4) is 0 Å². The Bertz CT molecular complexity index is 749. The van der Waals surface area contributed by atoms with Crippen molar-refractivity contribution in [3.8, 4) is 11.3 Å². The third-order valence-corrected chi connectivity index (χ3v) is 4.43. The van der Waals surface area contributed by atoms with Gasteiger partial charge in [0, 0.05) is 38.8 Å². The molecule has 132 valence electrons. The number of nitrogens with zero attached hydrogens (tertiary/aromatic N) is 3. The number of rotatable bonds is 4. The molecule has 7 nitrogen and oxygen atoms in total. The van der Waals surface area contributed by atoms with Crippen LogP contribution in [0.15, 0.2) is 34.9 Å². The molecule has 1 aliphatic rings. The largest absolute Gasteiger partial charge is 0.360 e. The summed E-state index contributed by atoms with van der Waals surface area (Å²) in [5.41, 5.74) is 1.96. The van der Waals surface area contributed by atoms with E-state index in [0.717, 1.165) is 5.56 Å². The van der Waals surface area contributed by atoms with E-state index in [1.807, 2.05) is 35.2 Å². The van der Waals surface area contributed by atoms with Crippen LogP contribution >= 0.6 is 0 Å². The molecule has 2 heterocycles. The number of nitrogens with one attached hydrogen (secondary N) is 1. The zero-order valence-corrected chi connectivity index (χ0v) is 14.5. The molecule has 0 radical (unpaired) electrons. The van der Waals surface area contributed by atoms with Gasteiger partial charge < -0.3 is 14.7 Å². The van der Waals surface area contributed by atoms with Gasteiger partial charge >= 0.3 is 0 Å². The number of benzene rings is 1. The van der Waals surface area contributed by atoms with E-state index in [4.69, 9.17) is 4.52 Å². The SMILES string of the molecule is CNC(=O)CN1CCN(C(=O)c2c(-c3ccccc3)noc2C)CC1. The van der Waals surface area contributed by atoms with Crippen molar-refractivity contribution in [2.45, 2.75) is 6.92 Å². The van der Waals surface area contributed by atoms with Crippen molar-refractivity contribution in [1.82, 2.24) is 20.3 Å². The van der Waals surface area contributed by atoms with Gasteiger partial charge in [0.1, 0.15) is 17.0 Å². The molecule has 3 rings (SSSR count). The van der Waals surface area contributed by atoms with Crippen LogP contribution in [0.4, 0.5) is 0 Å². The average Bonchev–Trinajstić information content (AvgIpc) is 3.04. The smallest absolute Gasteiger partial charge is 0.259 e. The van der Waals surface area contributed by atoms with Crippen molar-refractivity contribution in [2.24, 2.45) is 0 Å². The lowest BCUT2D eigenvalue weighted by molar-refractivity contribution is -0.122. The Morgan fingerprint density at radius 1 is 1.16 bits per heavy atom. The van der Waals surface area contributed by atoms with Gasteiger partial charge in [0.25, 0.3) is 5.91 Å². The first-order valence-corrected chi connectivity index (χ1v) is 8.34. The number of likely N-dealkylation sites (N-methyl/N-ethyl adjacent to an activating group) is 1. The first-order chi connectivity index (χ1) is 12.1. The highest BCUT2D eigenvalue weighted by atomic mass is 16.5. The maximum Gasteiger partial charge on any atom is 0.259 e. The maximum absolute atomic E-state index is 13.0. The summed E-state index contributed by atoms with van der Waals surface area (Å²) < 4.78 is 5.29. The summed E-state index contributed by atoms with van der Waals surface area (Å²) >= 11 is 0. The van der Waals surface area contributed by atoms with E-state index < -0.39 is 0 Å². The van der Waals surface area contributed by atoms with Crippen LogP contribution in [0.5, 0.6) is 0 Å². The number of piperazine rings is 1. The number of hydrogen-bond donors (Lipinski definition) is 1. The predicted molar refractivity (Wildman–Crippen MR) is 93.1 cm³/mol. The average molecular weight is 342 g/mol. The molecule has 0 atom stereocenters. The highest BCUT2D eigenvalue weighted by Gasteiger charge is 2.28. The minimum Gasteiger partial charge on any atom is -0.360 e. The predicted octanol–water partition coefficient (Wildman–Crippen LogP) is 1.15. The molecule has 0 spiro atoms. The number of amides is 2. The van der Waals surface area contributed by atoms with Crippen molar-refractivity contribution in [1.29, 1.82) is 0 Å². The molecule has 2 aromatic rings. The monoisotopic (exact) mass is 342 g/mol. The molecule has 0 saturated carbocycles. The number of aryl methyl sites for hydroxylation is 1. The Hall–Kier alpha value is -2.67. The molecule has 1 saturated heterocycles. The van der Waals surface area contributed by atoms with Crippen LogP contribution in [0.2, 0.25) is 0 Å². The quantitative estimate of drug-likeness (QED) is 0.902. The van der Waals surface area contributed by atoms with Crippen molar-refractivity contribution in [3.63, 3.8) is 0 Å². The zero-order valence-electron chi connectivity index (χ0n) is 14.5. The number of carbonyl (C=O) groups is 2. The molecular weight excluding hydrogens is 320 g/mol. The van der Waals surface area contributed by atoms with E-state index in [-0.39, 0.29) is 11.8 Å². The van der Waals surface area contributed by atoms with E-state index in [1.54, 1.807) is 18.9 Å². The van der Waals surface area contributed by atoms with Crippen molar-refractivity contribution in [2.75, 3.05) is 39.8 Å². The van der Waals surface area contributed by atoms with Gasteiger partial charge in [-0.05, 0) is 6.92 Å². The van der Waals surface area contributed by atoms with Gasteiger partial charge in [-0.3, -0.25) is 14.5 Å². The highest BCUT2D eigenvalue weighted by Crippen LogP contribution is 2.26. The molecule has 2 amide bonds. The highest BCUT2D eigenvalue weighted by molar-refractivity contribution is 6.00. The van der Waals surface area contributed by atoms with E-state index in [9.17, 15) is 9.59 Å². The molecule has 1 aliphatic heterocycles. The van der Waals surface area contributed by atoms with Crippen LogP contribution in [-0.2, 0) is 4.79 Å². The fraction of sp³-hybridized carbons (Fsp3) is 0.389. The Kier molecular flexibility index (Phi) is 5.14. The summed E-state index contributed by atoms with van der Waals surface area (Å²) in [6.07, 6.45) is 0. The molecule has 1 aromatic carbocycles. The number of carbonyl (C=O) groups excluding carboxylic acids is 2. The summed E-state index contributed by atoms with van der Waals surface area (Å²) in [6.45, 7) is 4.62. The summed E-state index contributed by atoms with van der Waals surface area (Å²) in [7, 11) is 1.63. The summed E-state index contributed by atoms with van der Waals surface area (Å²) in [5, 5.41) is 6.70. The fourth-order valence-electron chi connectivity index (χ4n) is 2.97. The summed E-state index contributed by atoms with van der Waals surface area (Å²) in [5.74, 6) is 0.440. The minimum atomic E-state index is -0.0720. The van der Waals surface area contributed by atoms with Gasteiger partial charge in [0.15, 0.2) is 0 Å². The fourth-order valence-corrected chi connectivity index (χ4v) is 2.97. The van der Waals surface area contributed by atoms with Gasteiger partial charge in [-0.1, -0.05) is 35.5 Å². The molecule has 0 bridgehead atoms. The third-order valence-electron chi connectivity index (χ3n) is 4.43. The van der Waals surface area contributed by atoms with Crippen LogP contribution in [0, 0.1) is 6.92 Å². The lowest BCUT2D eigenvalue weighted by Gasteiger charge is -2.34. The molecule has 7 heteroatoms. The molecular formula is C18H22N4O3. The van der Waals surface area contributed by atoms with E-state index in [1.165, 1.54) is 0 Å². The first-order valence-electron chi connectivity index (χ1n) is 8.34. The topological polar surface area (TPSA) is 78.7 Å². The van der Waals surface area contributed by atoms with Gasteiger partial charge in [-0.25, -0.2) is 0 Å². The molecule has 25 heavy (non-hydrogen) atoms. The standard InChI is InChI=1S/C18H22N4O3/c1-13-16(17(20-25-13)14-6-4-3-5-7-14)18(24)22-10-8-21(9-11-22)12-15(23)19-2/h3-7H,8-12H2,1-2H3,(H,19,23). The molecule has 1 fully saturated rings. The number of aromatic nitrogens is 1. The molecule has 1 N–H and O–H groups in total. The van der Waals surface area contributed by atoms with Crippen LogP contribution in [-0.4, -0.2) is 66.5 Å². The normalized spacial score (nSPS) is 15.2. The molecule has 1 aromatic heterocycles. The third kappa shape index (κ3) is 3.71. The lowest BCUT2D eigenvalue weighted by atomic mass is 10.0. The maximum atomic E-state index is 13.0. The second kappa shape index (κ2) is 7.48. The lowest BCUT2D eigenvalue weighted by Crippen LogP contribution is -2.51.